The molecule has 5 heteroatoms. The first-order valence-electron chi connectivity index (χ1n) is 6.00. The summed E-state index contributed by atoms with van der Waals surface area (Å²) in [5, 5.41) is 21.1. The maximum absolute atomic E-state index is 9.43. The van der Waals surface area contributed by atoms with Crippen LogP contribution in [0.2, 0.25) is 0 Å². The van der Waals surface area contributed by atoms with Crippen molar-refractivity contribution in [3.8, 4) is 17.6 Å². The molecule has 102 valence electrons. The van der Waals surface area contributed by atoms with Crippen molar-refractivity contribution in [1.29, 1.82) is 5.26 Å². The first kappa shape index (κ1) is 14.2. The van der Waals surface area contributed by atoms with Gasteiger partial charge in [0.05, 0.1) is 4.47 Å². The fourth-order valence-electron chi connectivity index (χ4n) is 1.65. The van der Waals surface area contributed by atoms with E-state index >= 15 is 0 Å². The van der Waals surface area contributed by atoms with E-state index in [1.165, 1.54) is 0 Å². The van der Waals surface area contributed by atoms with Gasteiger partial charge < -0.3 is 15.2 Å². The SMILES string of the molecule is N#CCOc1ccc(NCc2ccc(O)c(Br)c2)cc1. The van der Waals surface area contributed by atoms with Crippen LogP contribution in [0.1, 0.15) is 5.56 Å². The molecule has 0 saturated heterocycles. The maximum Gasteiger partial charge on any atom is 0.174 e. The fourth-order valence-corrected chi connectivity index (χ4v) is 2.08. The van der Waals surface area contributed by atoms with Crippen LogP contribution in [0.3, 0.4) is 0 Å². The zero-order valence-electron chi connectivity index (χ0n) is 10.6. The Bertz CT molecular complexity index is 621. The molecule has 20 heavy (non-hydrogen) atoms. The quantitative estimate of drug-likeness (QED) is 0.876. The van der Waals surface area contributed by atoms with Gasteiger partial charge in [-0.3, -0.25) is 0 Å². The fraction of sp³-hybridized carbons (Fsp3) is 0.133. The largest absolute Gasteiger partial charge is 0.507 e. The average molecular weight is 333 g/mol. The Morgan fingerprint density at radius 1 is 1.20 bits per heavy atom. The molecule has 4 nitrogen and oxygen atoms in total. The molecular formula is C15H13BrN2O2. The first-order chi connectivity index (χ1) is 9.69. The molecule has 0 fully saturated rings. The van der Waals surface area contributed by atoms with Gasteiger partial charge >= 0.3 is 0 Å². The highest BCUT2D eigenvalue weighted by Crippen LogP contribution is 2.24. The molecule has 0 aliphatic rings. The third-order valence-corrected chi connectivity index (χ3v) is 3.30. The minimum atomic E-state index is 0.0499. The predicted molar refractivity (Wildman–Crippen MR) is 80.7 cm³/mol. The number of phenolic OH excluding ortho intramolecular Hbond substituents is 1. The Hall–Kier alpha value is -2.19. The Balaban J connectivity index is 1.93. The number of aromatic hydroxyl groups is 1. The zero-order valence-corrected chi connectivity index (χ0v) is 12.2. The Labute approximate surface area is 125 Å². The number of hydrogen-bond acceptors (Lipinski definition) is 4. The third-order valence-electron chi connectivity index (χ3n) is 2.67. The number of nitrogens with one attached hydrogen (secondary N) is 1. The number of ether oxygens (including phenoxy) is 1. The van der Waals surface area contributed by atoms with Gasteiger partial charge in [-0.05, 0) is 57.9 Å². The highest BCUT2D eigenvalue weighted by atomic mass is 79.9. The van der Waals surface area contributed by atoms with Crippen molar-refractivity contribution in [3.05, 3.63) is 52.5 Å². The van der Waals surface area contributed by atoms with Gasteiger partial charge in [-0.15, -0.1) is 0 Å². The molecule has 0 aromatic heterocycles. The molecule has 0 amide bonds. The van der Waals surface area contributed by atoms with Gasteiger partial charge in [0.25, 0.3) is 0 Å². The van der Waals surface area contributed by atoms with E-state index in [1.807, 2.05) is 42.5 Å². The van der Waals surface area contributed by atoms with E-state index in [9.17, 15) is 5.11 Å². The van der Waals surface area contributed by atoms with Gasteiger partial charge in [-0.25, -0.2) is 0 Å². The molecule has 2 rings (SSSR count). The van der Waals surface area contributed by atoms with Crippen molar-refractivity contribution in [3.63, 3.8) is 0 Å². The molecule has 0 heterocycles. The normalized spacial score (nSPS) is 9.80. The van der Waals surface area contributed by atoms with Crippen LogP contribution in [0.5, 0.6) is 11.5 Å². The van der Waals surface area contributed by atoms with Crippen LogP contribution in [0, 0.1) is 11.3 Å². The molecule has 2 N–H and O–H groups in total. The van der Waals surface area contributed by atoms with Crippen LogP contribution in [-0.2, 0) is 6.54 Å². The van der Waals surface area contributed by atoms with Crippen molar-refractivity contribution in [1.82, 2.24) is 0 Å². The molecule has 0 atom stereocenters. The number of nitrogens with zero attached hydrogens (tertiary/aromatic N) is 1. The van der Waals surface area contributed by atoms with Crippen molar-refractivity contribution < 1.29 is 9.84 Å². The van der Waals surface area contributed by atoms with E-state index in [4.69, 9.17) is 10.00 Å². The van der Waals surface area contributed by atoms with Gasteiger partial charge in [0.15, 0.2) is 6.61 Å². The molecule has 0 spiro atoms. The lowest BCUT2D eigenvalue weighted by Crippen LogP contribution is -1.99. The Morgan fingerprint density at radius 3 is 2.60 bits per heavy atom. The van der Waals surface area contributed by atoms with Crippen LogP contribution >= 0.6 is 15.9 Å². The van der Waals surface area contributed by atoms with Crippen LogP contribution in [0.15, 0.2) is 46.9 Å². The summed E-state index contributed by atoms with van der Waals surface area (Å²) in [7, 11) is 0. The lowest BCUT2D eigenvalue weighted by Gasteiger charge is -2.08. The number of nitriles is 1. The van der Waals surface area contributed by atoms with Crippen molar-refractivity contribution in [2.75, 3.05) is 11.9 Å². The molecular weight excluding hydrogens is 320 g/mol. The van der Waals surface area contributed by atoms with Crippen molar-refractivity contribution in [2.24, 2.45) is 0 Å². The first-order valence-corrected chi connectivity index (χ1v) is 6.79. The lowest BCUT2D eigenvalue weighted by molar-refractivity contribution is 0.368. The second-order valence-corrected chi connectivity index (χ2v) is 4.96. The molecule has 0 bridgehead atoms. The number of hydrogen-bond donors (Lipinski definition) is 2. The summed E-state index contributed by atoms with van der Waals surface area (Å²) in [6, 6.07) is 14.7. The summed E-state index contributed by atoms with van der Waals surface area (Å²) in [5.74, 6) is 0.900. The van der Waals surface area contributed by atoms with Crippen molar-refractivity contribution in [2.45, 2.75) is 6.54 Å². The summed E-state index contributed by atoms with van der Waals surface area (Å²) < 4.78 is 5.86. The summed E-state index contributed by atoms with van der Waals surface area (Å²) in [5.41, 5.74) is 2.01. The number of halogens is 1. The smallest absolute Gasteiger partial charge is 0.174 e. The summed E-state index contributed by atoms with van der Waals surface area (Å²) in [6.45, 7) is 0.700. The number of anilines is 1. The van der Waals surface area contributed by atoms with Crippen LogP contribution < -0.4 is 10.1 Å². The number of phenols is 1. The lowest BCUT2D eigenvalue weighted by atomic mass is 10.2. The van der Waals surface area contributed by atoms with E-state index < -0.39 is 0 Å². The zero-order chi connectivity index (χ0) is 14.4. The van der Waals surface area contributed by atoms with Gasteiger partial charge in [-0.1, -0.05) is 6.07 Å². The van der Waals surface area contributed by atoms with Crippen LogP contribution in [-0.4, -0.2) is 11.7 Å². The van der Waals surface area contributed by atoms with Gasteiger partial charge in [0.1, 0.15) is 17.6 Å². The van der Waals surface area contributed by atoms with Crippen LogP contribution in [0.25, 0.3) is 0 Å². The predicted octanol–water partition coefficient (Wildman–Crippen LogP) is 3.67. The molecule has 0 saturated carbocycles. The molecule has 2 aromatic carbocycles. The second kappa shape index (κ2) is 6.83. The molecule has 0 radical (unpaired) electrons. The van der Waals surface area contributed by atoms with E-state index in [0.717, 1.165) is 11.3 Å². The standard InChI is InChI=1S/C15H13BrN2O2/c16-14-9-11(1-6-15(14)19)10-18-12-2-4-13(5-3-12)20-8-7-17/h1-6,9,18-19H,8,10H2. The molecule has 0 aliphatic carbocycles. The highest BCUT2D eigenvalue weighted by molar-refractivity contribution is 9.10. The van der Waals surface area contributed by atoms with E-state index in [-0.39, 0.29) is 12.4 Å². The molecule has 0 aliphatic heterocycles. The third kappa shape index (κ3) is 3.90. The van der Waals surface area contributed by atoms with Crippen LogP contribution in [0.4, 0.5) is 5.69 Å². The molecule has 2 aromatic rings. The monoisotopic (exact) mass is 332 g/mol. The van der Waals surface area contributed by atoms with E-state index in [2.05, 4.69) is 21.2 Å². The minimum Gasteiger partial charge on any atom is -0.507 e. The van der Waals surface area contributed by atoms with Gasteiger partial charge in [0, 0.05) is 12.2 Å². The highest BCUT2D eigenvalue weighted by Gasteiger charge is 2.00. The number of benzene rings is 2. The van der Waals surface area contributed by atoms with Crippen molar-refractivity contribution >= 4 is 21.6 Å². The topological polar surface area (TPSA) is 65.3 Å². The summed E-state index contributed by atoms with van der Waals surface area (Å²) in [6.07, 6.45) is 0. The number of rotatable bonds is 5. The second-order valence-electron chi connectivity index (χ2n) is 4.11. The average Bonchev–Trinajstić information content (AvgIpc) is 2.47. The van der Waals surface area contributed by atoms with E-state index in [0.29, 0.717) is 16.8 Å². The maximum atomic E-state index is 9.43. The Kier molecular flexibility index (Phi) is 4.85. The van der Waals surface area contributed by atoms with Gasteiger partial charge in [-0.2, -0.15) is 5.26 Å². The van der Waals surface area contributed by atoms with Gasteiger partial charge in [0.2, 0.25) is 0 Å². The Morgan fingerprint density at radius 2 is 1.95 bits per heavy atom. The minimum absolute atomic E-state index is 0.0499. The molecule has 0 unspecified atom stereocenters. The summed E-state index contributed by atoms with van der Waals surface area (Å²) in [4.78, 5) is 0. The summed E-state index contributed by atoms with van der Waals surface area (Å²) >= 11 is 3.29. The van der Waals surface area contributed by atoms with E-state index in [1.54, 1.807) is 6.07 Å².